The molecule has 0 radical (unpaired) electrons. The number of aryl methyl sites for hydroxylation is 1. The number of rotatable bonds is 9. The third-order valence-electron chi connectivity index (χ3n) is 6.64. The number of sulfonamides is 1. The molecule has 0 saturated heterocycles. The van der Waals surface area contributed by atoms with Gasteiger partial charge < -0.3 is 4.74 Å². The smallest absolute Gasteiger partial charge is 0.338 e. The highest BCUT2D eigenvalue weighted by Crippen LogP contribution is 2.27. The number of ether oxygens (including phenoxy) is 1. The molecule has 1 aliphatic carbocycles. The molecule has 1 aliphatic rings. The zero-order chi connectivity index (χ0) is 27.1. The molecule has 3 aromatic carbocycles. The Morgan fingerprint density at radius 2 is 1.68 bits per heavy atom. The summed E-state index contributed by atoms with van der Waals surface area (Å²) in [5.74, 6) is -2.21. The van der Waals surface area contributed by atoms with E-state index in [9.17, 15) is 22.4 Å². The topological polar surface area (TPSA) is 102 Å². The maximum absolute atomic E-state index is 14.9. The number of amides is 1. The molecule has 9 heteroatoms. The lowest BCUT2D eigenvalue weighted by atomic mass is 9.91. The second kappa shape index (κ2) is 12.3. The zero-order valence-corrected chi connectivity index (χ0v) is 22.0. The number of carbonyl (C=O) groups is 2. The first-order chi connectivity index (χ1) is 18.2. The summed E-state index contributed by atoms with van der Waals surface area (Å²) in [5, 5.41) is 0. The van der Waals surface area contributed by atoms with E-state index in [1.54, 1.807) is 30.3 Å². The summed E-state index contributed by atoms with van der Waals surface area (Å²) in [7, 11) is -3.77. The summed E-state index contributed by atoms with van der Waals surface area (Å²) in [6, 6.07) is 18.8. The van der Waals surface area contributed by atoms with Gasteiger partial charge in [-0.3, -0.25) is 10.2 Å². The largest absolute Gasteiger partial charge is 0.457 e. The van der Waals surface area contributed by atoms with Crippen LogP contribution in [0.4, 0.5) is 4.39 Å². The Kier molecular flexibility index (Phi) is 8.91. The molecule has 3 aromatic rings. The molecule has 4 rings (SSSR count). The van der Waals surface area contributed by atoms with E-state index in [2.05, 4.69) is 10.3 Å². The van der Waals surface area contributed by atoms with Gasteiger partial charge in [0.25, 0.3) is 5.91 Å². The highest BCUT2D eigenvalue weighted by molar-refractivity contribution is 7.89. The van der Waals surface area contributed by atoms with Crippen molar-refractivity contribution in [1.82, 2.24) is 10.3 Å². The van der Waals surface area contributed by atoms with E-state index in [4.69, 9.17) is 4.74 Å². The minimum absolute atomic E-state index is 0.0483. The summed E-state index contributed by atoms with van der Waals surface area (Å²) in [4.78, 5) is 27.5. The summed E-state index contributed by atoms with van der Waals surface area (Å²) in [5.41, 5.74) is 4.28. The number of benzene rings is 3. The third kappa shape index (κ3) is 7.26. The number of carbonyl (C=O) groups excluding carboxylic acids is 2. The van der Waals surface area contributed by atoms with Gasteiger partial charge in [0, 0.05) is 0 Å². The van der Waals surface area contributed by atoms with E-state index in [-0.39, 0.29) is 29.4 Å². The van der Waals surface area contributed by atoms with E-state index in [0.29, 0.717) is 16.7 Å². The number of hydrazine groups is 1. The molecule has 38 heavy (non-hydrogen) atoms. The second-order valence-electron chi connectivity index (χ2n) is 9.64. The van der Waals surface area contributed by atoms with Crippen LogP contribution in [0, 0.1) is 18.7 Å². The van der Waals surface area contributed by atoms with E-state index in [1.807, 2.05) is 30.3 Å². The monoisotopic (exact) mass is 538 g/mol. The molecule has 0 atom stereocenters. The van der Waals surface area contributed by atoms with Crippen LogP contribution in [0.3, 0.4) is 0 Å². The highest BCUT2D eigenvalue weighted by Gasteiger charge is 2.23. The van der Waals surface area contributed by atoms with Gasteiger partial charge in [-0.1, -0.05) is 61.7 Å². The van der Waals surface area contributed by atoms with Gasteiger partial charge in [-0.05, 0) is 72.2 Å². The highest BCUT2D eigenvalue weighted by atomic mass is 32.2. The standard InChI is InChI=1S/C29H31FN2O5S/c1-20-15-25(23-13-8-14-24(16-23)29(34)37-18-21-9-4-2-5-10-21)17-26(27(20)30)28(33)31-32-38(35,36)19-22-11-6-3-7-12-22/h2,4-5,8-10,13-17,22,32H,3,6-7,11-12,18-19H2,1H3,(H,31,33). The first kappa shape index (κ1) is 27.5. The van der Waals surface area contributed by atoms with Crippen molar-refractivity contribution in [3.63, 3.8) is 0 Å². The lowest BCUT2D eigenvalue weighted by Crippen LogP contribution is -2.44. The molecule has 0 heterocycles. The number of nitrogens with one attached hydrogen (secondary N) is 2. The molecule has 0 unspecified atom stereocenters. The van der Waals surface area contributed by atoms with Crippen LogP contribution in [0.15, 0.2) is 66.7 Å². The average molecular weight is 539 g/mol. The maximum atomic E-state index is 14.9. The van der Waals surface area contributed by atoms with Crippen molar-refractivity contribution in [2.45, 2.75) is 45.6 Å². The summed E-state index contributed by atoms with van der Waals surface area (Å²) >= 11 is 0. The van der Waals surface area contributed by atoms with Crippen molar-refractivity contribution < 1.29 is 27.1 Å². The van der Waals surface area contributed by atoms with Crippen LogP contribution in [0.25, 0.3) is 11.1 Å². The predicted molar refractivity (Wildman–Crippen MR) is 143 cm³/mol. The number of halogens is 1. The number of esters is 1. The number of hydrogen-bond donors (Lipinski definition) is 2. The van der Waals surface area contributed by atoms with Gasteiger partial charge in [0.1, 0.15) is 12.4 Å². The third-order valence-corrected chi connectivity index (χ3v) is 7.97. The Balaban J connectivity index is 1.46. The SMILES string of the molecule is Cc1cc(-c2cccc(C(=O)OCc3ccccc3)c2)cc(C(=O)NNS(=O)(=O)CC2CCCCC2)c1F. The minimum atomic E-state index is -3.77. The first-order valence-electron chi connectivity index (χ1n) is 12.6. The molecule has 0 bridgehead atoms. The Morgan fingerprint density at radius 1 is 0.947 bits per heavy atom. The molecule has 1 fully saturated rings. The lowest BCUT2D eigenvalue weighted by Gasteiger charge is -2.21. The van der Waals surface area contributed by atoms with Crippen LogP contribution in [0.2, 0.25) is 0 Å². The molecule has 0 spiro atoms. The Hall–Kier alpha value is -3.56. The van der Waals surface area contributed by atoms with Crippen molar-refractivity contribution in [2.75, 3.05) is 5.75 Å². The maximum Gasteiger partial charge on any atom is 0.338 e. The molecular formula is C29H31FN2O5S. The van der Waals surface area contributed by atoms with Crippen LogP contribution >= 0.6 is 0 Å². The van der Waals surface area contributed by atoms with E-state index < -0.39 is 27.7 Å². The van der Waals surface area contributed by atoms with Crippen molar-refractivity contribution in [2.24, 2.45) is 5.92 Å². The quantitative estimate of drug-likeness (QED) is 0.284. The lowest BCUT2D eigenvalue weighted by molar-refractivity contribution is 0.0472. The van der Waals surface area contributed by atoms with Crippen LogP contribution in [0.1, 0.15) is 63.9 Å². The molecule has 1 amide bonds. The average Bonchev–Trinajstić information content (AvgIpc) is 2.93. The molecule has 0 aliphatic heterocycles. The van der Waals surface area contributed by atoms with Gasteiger partial charge in [0.2, 0.25) is 10.0 Å². The van der Waals surface area contributed by atoms with Gasteiger partial charge in [0.15, 0.2) is 0 Å². The Labute approximate surface area is 222 Å². The van der Waals surface area contributed by atoms with Gasteiger partial charge in [-0.2, -0.15) is 0 Å². The van der Waals surface area contributed by atoms with Crippen molar-refractivity contribution in [3.05, 3.63) is 94.8 Å². The fourth-order valence-corrected chi connectivity index (χ4v) is 5.92. The molecule has 7 nitrogen and oxygen atoms in total. The van der Waals surface area contributed by atoms with E-state index >= 15 is 0 Å². The van der Waals surface area contributed by atoms with Gasteiger partial charge >= 0.3 is 5.97 Å². The normalized spacial score (nSPS) is 14.2. The molecule has 2 N–H and O–H groups in total. The Bertz CT molecular complexity index is 1400. The molecule has 1 saturated carbocycles. The molecular weight excluding hydrogens is 507 g/mol. The molecule has 200 valence electrons. The summed E-state index contributed by atoms with van der Waals surface area (Å²) in [6.07, 6.45) is 4.77. The summed E-state index contributed by atoms with van der Waals surface area (Å²) in [6.45, 7) is 1.64. The van der Waals surface area contributed by atoms with Crippen LogP contribution in [-0.2, 0) is 21.4 Å². The van der Waals surface area contributed by atoms with E-state index in [1.165, 1.54) is 13.0 Å². The van der Waals surface area contributed by atoms with Crippen LogP contribution < -0.4 is 10.3 Å². The summed E-state index contributed by atoms with van der Waals surface area (Å²) < 4.78 is 45.2. The van der Waals surface area contributed by atoms with Gasteiger partial charge in [0.05, 0.1) is 16.9 Å². The second-order valence-corrected chi connectivity index (χ2v) is 11.4. The van der Waals surface area contributed by atoms with Gasteiger partial charge in [-0.25, -0.2) is 17.6 Å². The van der Waals surface area contributed by atoms with Crippen LogP contribution in [0.5, 0.6) is 0 Å². The molecule has 0 aromatic heterocycles. The predicted octanol–water partition coefficient (Wildman–Crippen LogP) is 5.30. The fourth-order valence-electron chi connectivity index (χ4n) is 4.63. The van der Waals surface area contributed by atoms with Crippen molar-refractivity contribution >= 4 is 21.9 Å². The first-order valence-corrected chi connectivity index (χ1v) is 14.3. The van der Waals surface area contributed by atoms with Crippen LogP contribution in [-0.4, -0.2) is 26.0 Å². The zero-order valence-electron chi connectivity index (χ0n) is 21.2. The fraction of sp³-hybridized carbons (Fsp3) is 0.310. The Morgan fingerprint density at radius 3 is 2.42 bits per heavy atom. The van der Waals surface area contributed by atoms with Crippen molar-refractivity contribution in [1.29, 1.82) is 0 Å². The minimum Gasteiger partial charge on any atom is -0.457 e. The van der Waals surface area contributed by atoms with Crippen molar-refractivity contribution in [3.8, 4) is 11.1 Å². The van der Waals surface area contributed by atoms with E-state index in [0.717, 1.165) is 37.7 Å². The van der Waals surface area contributed by atoms with Gasteiger partial charge in [-0.15, -0.1) is 4.83 Å². The number of hydrogen-bond acceptors (Lipinski definition) is 5.